The van der Waals surface area contributed by atoms with Crippen molar-refractivity contribution in [2.45, 2.75) is 37.9 Å². The lowest BCUT2D eigenvalue weighted by atomic mass is 9.74. The van der Waals surface area contributed by atoms with Crippen LogP contribution in [0.15, 0.2) is 24.0 Å². The van der Waals surface area contributed by atoms with Crippen molar-refractivity contribution < 1.29 is 23.7 Å². The second-order valence-electron chi connectivity index (χ2n) is 6.85. The third kappa shape index (κ3) is 1.83. The molecule has 0 aromatic carbocycles. The van der Waals surface area contributed by atoms with Gasteiger partial charge in [0.1, 0.15) is 11.9 Å². The van der Waals surface area contributed by atoms with Crippen molar-refractivity contribution in [1.29, 1.82) is 0 Å². The summed E-state index contributed by atoms with van der Waals surface area (Å²) < 4.78 is 23.2. The minimum Gasteiger partial charge on any atom is -0.498 e. The average Bonchev–Trinajstić information content (AvgIpc) is 3.16. The Morgan fingerprint density at radius 3 is 3.13 bits per heavy atom. The zero-order valence-electron chi connectivity index (χ0n) is 13.7. The molecule has 0 N–H and O–H groups in total. The van der Waals surface area contributed by atoms with Crippen LogP contribution in [0.5, 0.6) is 0 Å². The van der Waals surface area contributed by atoms with Gasteiger partial charge in [0.2, 0.25) is 0 Å². The van der Waals surface area contributed by atoms with Crippen LogP contribution in [0.1, 0.15) is 26.2 Å². The summed E-state index contributed by atoms with van der Waals surface area (Å²) >= 11 is 0. The van der Waals surface area contributed by atoms with Crippen molar-refractivity contribution in [3.05, 3.63) is 24.0 Å². The maximum atomic E-state index is 11.8. The number of ether oxygens (including phenoxy) is 4. The van der Waals surface area contributed by atoms with Crippen molar-refractivity contribution in [3.8, 4) is 0 Å². The number of methoxy groups -OCH3 is 1. The summed E-state index contributed by atoms with van der Waals surface area (Å²) in [6.07, 6.45) is 9.21. The highest BCUT2D eigenvalue weighted by molar-refractivity contribution is 5.82. The lowest BCUT2D eigenvalue weighted by molar-refractivity contribution is -0.201. The molecule has 5 heteroatoms. The molecule has 1 aliphatic heterocycles. The SMILES string of the molecule is CCOC(=O)/C=C/[C@@H]1[C@H]2CCC[C@]23C=C(OC)[C@]12OCCO[C@H]32. The molecule has 1 heterocycles. The topological polar surface area (TPSA) is 54.0 Å². The van der Waals surface area contributed by atoms with E-state index in [4.69, 9.17) is 18.9 Å². The molecular formula is C18H24O5. The molecule has 5 nitrogen and oxygen atoms in total. The van der Waals surface area contributed by atoms with Crippen molar-refractivity contribution in [3.63, 3.8) is 0 Å². The molecule has 23 heavy (non-hydrogen) atoms. The smallest absolute Gasteiger partial charge is 0.330 e. The Kier molecular flexibility index (Phi) is 3.54. The highest BCUT2D eigenvalue weighted by Crippen LogP contribution is 2.70. The van der Waals surface area contributed by atoms with E-state index in [-0.39, 0.29) is 23.4 Å². The normalized spacial score (nSPS) is 44.1. The second-order valence-corrected chi connectivity index (χ2v) is 6.85. The molecule has 3 fully saturated rings. The fourth-order valence-electron chi connectivity index (χ4n) is 5.47. The summed E-state index contributed by atoms with van der Waals surface area (Å²) in [5, 5.41) is 0. The molecule has 0 aromatic rings. The first-order valence-corrected chi connectivity index (χ1v) is 8.57. The van der Waals surface area contributed by atoms with Crippen molar-refractivity contribution in [1.82, 2.24) is 0 Å². The van der Waals surface area contributed by atoms with Gasteiger partial charge in [-0.3, -0.25) is 0 Å². The van der Waals surface area contributed by atoms with Gasteiger partial charge in [-0.2, -0.15) is 0 Å². The van der Waals surface area contributed by atoms with Gasteiger partial charge in [-0.05, 0) is 31.8 Å². The summed E-state index contributed by atoms with van der Waals surface area (Å²) in [6.45, 7) is 3.38. The molecule has 1 spiro atoms. The largest absolute Gasteiger partial charge is 0.498 e. The molecular weight excluding hydrogens is 296 g/mol. The van der Waals surface area contributed by atoms with Gasteiger partial charge in [-0.1, -0.05) is 12.5 Å². The first-order valence-electron chi connectivity index (χ1n) is 8.57. The van der Waals surface area contributed by atoms with E-state index in [0.29, 0.717) is 25.7 Å². The molecule has 0 unspecified atom stereocenters. The Bertz CT molecular complexity index is 568. The lowest BCUT2D eigenvalue weighted by Gasteiger charge is -2.42. The summed E-state index contributed by atoms with van der Waals surface area (Å²) in [7, 11) is 1.70. The second kappa shape index (κ2) is 5.35. The zero-order chi connectivity index (χ0) is 16.1. The van der Waals surface area contributed by atoms with Gasteiger partial charge in [0.25, 0.3) is 0 Å². The van der Waals surface area contributed by atoms with E-state index in [1.165, 1.54) is 6.42 Å². The van der Waals surface area contributed by atoms with E-state index in [9.17, 15) is 4.79 Å². The monoisotopic (exact) mass is 320 g/mol. The fourth-order valence-corrected chi connectivity index (χ4v) is 5.47. The van der Waals surface area contributed by atoms with E-state index in [1.54, 1.807) is 13.2 Å². The molecule has 126 valence electrons. The number of carbonyl (C=O) groups is 1. The van der Waals surface area contributed by atoms with E-state index >= 15 is 0 Å². The lowest BCUT2D eigenvalue weighted by Crippen LogP contribution is -2.53. The average molecular weight is 320 g/mol. The van der Waals surface area contributed by atoms with Crippen LogP contribution in [0.3, 0.4) is 0 Å². The first kappa shape index (κ1) is 15.2. The Morgan fingerprint density at radius 2 is 2.35 bits per heavy atom. The van der Waals surface area contributed by atoms with Gasteiger partial charge in [0.15, 0.2) is 5.60 Å². The number of rotatable bonds is 4. The molecule has 5 atom stereocenters. The van der Waals surface area contributed by atoms with Crippen LogP contribution >= 0.6 is 0 Å². The van der Waals surface area contributed by atoms with Crippen LogP contribution in [0.4, 0.5) is 0 Å². The van der Waals surface area contributed by atoms with Crippen LogP contribution in [0.25, 0.3) is 0 Å². The van der Waals surface area contributed by atoms with Crippen LogP contribution in [-0.2, 0) is 23.7 Å². The predicted molar refractivity (Wildman–Crippen MR) is 82.6 cm³/mol. The minimum atomic E-state index is -0.568. The third-order valence-electron chi connectivity index (χ3n) is 6.06. The standard InChI is InChI=1S/C18H24O5/c1-3-21-15(19)7-6-13-12-5-4-8-17(12)11-14(20-2)18(13)16(17)22-9-10-23-18/h6-7,11-13,16H,3-5,8-10H2,1-2H3/b7-6+/t12-,13-,16-,17+,18-/m1/s1. The molecule has 0 amide bonds. The van der Waals surface area contributed by atoms with Gasteiger partial charge >= 0.3 is 5.97 Å². The van der Waals surface area contributed by atoms with Gasteiger partial charge in [0.05, 0.1) is 26.9 Å². The number of esters is 1. The molecule has 3 aliphatic carbocycles. The number of hydrogen-bond donors (Lipinski definition) is 0. The summed E-state index contributed by atoms with van der Waals surface area (Å²) in [6, 6.07) is 0. The van der Waals surface area contributed by atoms with E-state index in [0.717, 1.165) is 18.6 Å². The Labute approximate surface area is 136 Å². The van der Waals surface area contributed by atoms with E-state index in [1.807, 2.05) is 13.0 Å². The maximum absolute atomic E-state index is 11.8. The van der Waals surface area contributed by atoms with Gasteiger partial charge in [-0.25, -0.2) is 4.79 Å². The Hall–Kier alpha value is -1.33. The van der Waals surface area contributed by atoms with E-state index in [2.05, 4.69) is 6.08 Å². The molecule has 4 rings (SSSR count). The highest BCUT2D eigenvalue weighted by atomic mass is 16.6. The van der Waals surface area contributed by atoms with Gasteiger partial charge in [0, 0.05) is 17.4 Å². The van der Waals surface area contributed by atoms with Crippen molar-refractivity contribution in [2.75, 3.05) is 26.9 Å². The van der Waals surface area contributed by atoms with Gasteiger partial charge in [-0.15, -0.1) is 0 Å². The fraction of sp³-hybridized carbons (Fsp3) is 0.722. The summed E-state index contributed by atoms with van der Waals surface area (Å²) in [4.78, 5) is 11.8. The quantitative estimate of drug-likeness (QED) is 0.587. The number of carbonyl (C=O) groups excluding carboxylic acids is 1. The number of hydrogen-bond acceptors (Lipinski definition) is 5. The Balaban J connectivity index is 1.74. The van der Waals surface area contributed by atoms with Crippen molar-refractivity contribution in [2.24, 2.45) is 17.3 Å². The predicted octanol–water partition coefficient (Wildman–Crippen LogP) is 2.22. The van der Waals surface area contributed by atoms with Crippen LogP contribution in [0.2, 0.25) is 0 Å². The zero-order valence-corrected chi connectivity index (χ0v) is 13.7. The highest BCUT2D eigenvalue weighted by Gasteiger charge is 2.75. The molecule has 4 aliphatic rings. The molecule has 0 radical (unpaired) electrons. The van der Waals surface area contributed by atoms with Crippen LogP contribution in [-0.4, -0.2) is 44.6 Å². The van der Waals surface area contributed by atoms with Crippen LogP contribution < -0.4 is 0 Å². The Morgan fingerprint density at radius 1 is 1.48 bits per heavy atom. The molecule has 0 aromatic heterocycles. The molecule has 2 saturated carbocycles. The van der Waals surface area contributed by atoms with Crippen molar-refractivity contribution >= 4 is 5.97 Å². The summed E-state index contributed by atoms with van der Waals surface area (Å²) in [5.41, 5.74) is -0.573. The summed E-state index contributed by atoms with van der Waals surface area (Å²) in [5.74, 6) is 1.11. The molecule has 1 saturated heterocycles. The minimum absolute atomic E-state index is 0.00282. The van der Waals surface area contributed by atoms with Gasteiger partial charge < -0.3 is 18.9 Å². The molecule has 2 bridgehead atoms. The maximum Gasteiger partial charge on any atom is 0.330 e. The first-order chi connectivity index (χ1) is 11.2. The third-order valence-corrected chi connectivity index (χ3v) is 6.06. The van der Waals surface area contributed by atoms with Crippen LogP contribution in [0, 0.1) is 17.3 Å². The van der Waals surface area contributed by atoms with E-state index < -0.39 is 5.60 Å².